The fourth-order valence-electron chi connectivity index (χ4n) is 4.95. The van der Waals surface area contributed by atoms with Crippen LogP contribution in [0.3, 0.4) is 0 Å². The van der Waals surface area contributed by atoms with Crippen molar-refractivity contribution in [2.45, 2.75) is 77.4 Å². The molecule has 2 fully saturated rings. The summed E-state index contributed by atoms with van der Waals surface area (Å²) in [6.07, 6.45) is 9.50. The van der Waals surface area contributed by atoms with E-state index in [0.29, 0.717) is 5.41 Å². The molecule has 130 valence electrons. The predicted octanol–water partition coefficient (Wildman–Crippen LogP) is 3.78. The van der Waals surface area contributed by atoms with Gasteiger partial charge in [0.25, 0.3) is 0 Å². The van der Waals surface area contributed by atoms with Crippen LogP contribution in [0.5, 0.6) is 0 Å². The Hall–Kier alpha value is -0.120. The molecule has 1 heterocycles. The minimum absolute atomic E-state index is 0.0280. The van der Waals surface area contributed by atoms with Crippen molar-refractivity contribution in [3.8, 4) is 0 Å². The Kier molecular flexibility index (Phi) is 6.32. The standard InChI is InChI=1S/C19H38N2O/c1-6-21(17-10-8-7-9-11-17)16-19(15-20(4)5)12-13-22-18(2,3)14-19/h17H,6-16H2,1-5H3. The highest BCUT2D eigenvalue weighted by molar-refractivity contribution is 4.95. The van der Waals surface area contributed by atoms with Gasteiger partial charge < -0.3 is 14.5 Å². The first-order valence-electron chi connectivity index (χ1n) is 9.39. The second-order valence-corrected chi connectivity index (χ2v) is 8.63. The zero-order valence-electron chi connectivity index (χ0n) is 15.7. The molecule has 0 N–H and O–H groups in total. The van der Waals surface area contributed by atoms with Crippen molar-refractivity contribution in [1.29, 1.82) is 0 Å². The topological polar surface area (TPSA) is 15.7 Å². The van der Waals surface area contributed by atoms with Gasteiger partial charge in [-0.15, -0.1) is 0 Å². The summed E-state index contributed by atoms with van der Waals surface area (Å²) >= 11 is 0. The Morgan fingerprint density at radius 2 is 1.73 bits per heavy atom. The lowest BCUT2D eigenvalue weighted by Gasteiger charge is -2.49. The van der Waals surface area contributed by atoms with E-state index in [1.165, 1.54) is 64.6 Å². The maximum atomic E-state index is 6.03. The molecule has 2 aliphatic rings. The van der Waals surface area contributed by atoms with E-state index in [2.05, 4.69) is 44.7 Å². The zero-order valence-corrected chi connectivity index (χ0v) is 15.7. The molecular weight excluding hydrogens is 272 g/mol. The van der Waals surface area contributed by atoms with Gasteiger partial charge in [0.05, 0.1) is 5.60 Å². The van der Waals surface area contributed by atoms with Gasteiger partial charge >= 0.3 is 0 Å². The molecule has 1 unspecified atom stereocenters. The summed E-state index contributed by atoms with van der Waals surface area (Å²) in [5, 5.41) is 0. The molecule has 0 spiro atoms. The van der Waals surface area contributed by atoms with Crippen molar-refractivity contribution in [3.05, 3.63) is 0 Å². The van der Waals surface area contributed by atoms with Gasteiger partial charge in [0, 0.05) is 31.2 Å². The van der Waals surface area contributed by atoms with Crippen LogP contribution in [-0.2, 0) is 4.74 Å². The summed E-state index contributed by atoms with van der Waals surface area (Å²) in [5.41, 5.74) is 0.416. The van der Waals surface area contributed by atoms with Crippen LogP contribution in [0.4, 0.5) is 0 Å². The van der Waals surface area contributed by atoms with Crippen LogP contribution in [-0.4, -0.2) is 61.8 Å². The van der Waals surface area contributed by atoms with Gasteiger partial charge in [-0.1, -0.05) is 26.2 Å². The summed E-state index contributed by atoms with van der Waals surface area (Å²) in [7, 11) is 4.45. The third kappa shape index (κ3) is 4.94. The molecule has 0 bridgehead atoms. The minimum atomic E-state index is 0.0280. The molecular formula is C19H38N2O. The fourth-order valence-corrected chi connectivity index (χ4v) is 4.95. The van der Waals surface area contributed by atoms with Crippen LogP contribution < -0.4 is 0 Å². The third-order valence-corrected chi connectivity index (χ3v) is 5.61. The minimum Gasteiger partial charge on any atom is -0.376 e. The van der Waals surface area contributed by atoms with Crippen molar-refractivity contribution in [1.82, 2.24) is 9.80 Å². The maximum Gasteiger partial charge on any atom is 0.0632 e. The maximum absolute atomic E-state index is 6.03. The number of hydrogen-bond acceptors (Lipinski definition) is 3. The normalized spacial score (nSPS) is 30.1. The van der Waals surface area contributed by atoms with Crippen molar-refractivity contribution in [2.24, 2.45) is 5.41 Å². The lowest BCUT2D eigenvalue weighted by Crippen LogP contribution is -2.53. The Morgan fingerprint density at radius 3 is 2.27 bits per heavy atom. The Morgan fingerprint density at radius 1 is 1.05 bits per heavy atom. The van der Waals surface area contributed by atoms with Gasteiger partial charge in [-0.05, 0) is 60.2 Å². The molecule has 0 radical (unpaired) electrons. The molecule has 1 atom stereocenters. The van der Waals surface area contributed by atoms with Gasteiger partial charge in [0.2, 0.25) is 0 Å². The van der Waals surface area contributed by atoms with E-state index in [1.54, 1.807) is 0 Å². The molecule has 3 heteroatoms. The monoisotopic (exact) mass is 310 g/mol. The second-order valence-electron chi connectivity index (χ2n) is 8.63. The average molecular weight is 311 g/mol. The highest BCUT2D eigenvalue weighted by atomic mass is 16.5. The van der Waals surface area contributed by atoms with Gasteiger partial charge in [0.15, 0.2) is 0 Å². The highest BCUT2D eigenvalue weighted by Crippen LogP contribution is 2.41. The van der Waals surface area contributed by atoms with Crippen LogP contribution in [0.1, 0.15) is 65.7 Å². The predicted molar refractivity (Wildman–Crippen MR) is 94.4 cm³/mol. The Balaban J connectivity index is 2.10. The molecule has 22 heavy (non-hydrogen) atoms. The van der Waals surface area contributed by atoms with E-state index >= 15 is 0 Å². The molecule has 0 aromatic carbocycles. The molecule has 0 aromatic rings. The highest BCUT2D eigenvalue weighted by Gasteiger charge is 2.42. The lowest BCUT2D eigenvalue weighted by molar-refractivity contribution is -0.119. The van der Waals surface area contributed by atoms with Crippen LogP contribution in [0, 0.1) is 5.41 Å². The van der Waals surface area contributed by atoms with Crippen LogP contribution in [0.25, 0.3) is 0 Å². The molecule has 1 saturated carbocycles. The molecule has 1 aliphatic carbocycles. The quantitative estimate of drug-likeness (QED) is 0.742. The number of hydrogen-bond donors (Lipinski definition) is 0. The summed E-state index contributed by atoms with van der Waals surface area (Å²) in [4.78, 5) is 5.18. The second kappa shape index (κ2) is 7.63. The molecule has 0 amide bonds. The summed E-state index contributed by atoms with van der Waals surface area (Å²) < 4.78 is 6.03. The number of nitrogens with zero attached hydrogens (tertiary/aromatic N) is 2. The lowest BCUT2D eigenvalue weighted by atomic mass is 9.72. The van der Waals surface area contributed by atoms with Crippen molar-refractivity contribution in [2.75, 3.05) is 40.3 Å². The molecule has 1 aliphatic heterocycles. The number of ether oxygens (including phenoxy) is 1. The first-order chi connectivity index (χ1) is 10.4. The summed E-state index contributed by atoms with van der Waals surface area (Å²) in [6, 6.07) is 0.823. The Labute approximate surface area is 138 Å². The molecule has 1 saturated heterocycles. The first-order valence-corrected chi connectivity index (χ1v) is 9.39. The zero-order chi connectivity index (χ0) is 16.2. The average Bonchev–Trinajstić information content (AvgIpc) is 2.44. The van der Waals surface area contributed by atoms with Crippen molar-refractivity contribution in [3.63, 3.8) is 0 Å². The third-order valence-electron chi connectivity index (χ3n) is 5.61. The van der Waals surface area contributed by atoms with Crippen LogP contribution in [0.15, 0.2) is 0 Å². The SMILES string of the molecule is CCN(CC1(CN(C)C)CCOC(C)(C)C1)C1CCCCC1. The van der Waals surface area contributed by atoms with E-state index < -0.39 is 0 Å². The van der Waals surface area contributed by atoms with Gasteiger partial charge in [-0.2, -0.15) is 0 Å². The fraction of sp³-hybridized carbons (Fsp3) is 1.00. The van der Waals surface area contributed by atoms with Gasteiger partial charge in [0.1, 0.15) is 0 Å². The van der Waals surface area contributed by atoms with E-state index in [1.807, 2.05) is 0 Å². The van der Waals surface area contributed by atoms with Crippen molar-refractivity contribution >= 4 is 0 Å². The van der Waals surface area contributed by atoms with E-state index in [9.17, 15) is 0 Å². The van der Waals surface area contributed by atoms with Crippen molar-refractivity contribution < 1.29 is 4.74 Å². The number of rotatable bonds is 6. The smallest absolute Gasteiger partial charge is 0.0632 e. The van der Waals surface area contributed by atoms with E-state index in [-0.39, 0.29) is 5.60 Å². The first kappa shape index (κ1) is 18.2. The van der Waals surface area contributed by atoms with Gasteiger partial charge in [-0.3, -0.25) is 0 Å². The molecule has 2 rings (SSSR count). The summed E-state index contributed by atoms with van der Waals surface area (Å²) in [5.74, 6) is 0. The van der Waals surface area contributed by atoms with Gasteiger partial charge in [-0.25, -0.2) is 0 Å². The molecule has 3 nitrogen and oxygen atoms in total. The largest absolute Gasteiger partial charge is 0.376 e. The summed E-state index contributed by atoms with van der Waals surface area (Å²) in [6.45, 7) is 11.4. The molecule has 0 aromatic heterocycles. The van der Waals surface area contributed by atoms with Crippen LogP contribution >= 0.6 is 0 Å². The Bertz CT molecular complexity index is 336. The van der Waals surface area contributed by atoms with E-state index in [0.717, 1.165) is 12.6 Å². The van der Waals surface area contributed by atoms with Crippen LogP contribution in [0.2, 0.25) is 0 Å². The van der Waals surface area contributed by atoms with E-state index in [4.69, 9.17) is 4.74 Å².